The summed E-state index contributed by atoms with van der Waals surface area (Å²) in [6, 6.07) is 2.58. The van der Waals surface area contributed by atoms with Crippen molar-refractivity contribution < 1.29 is 17.6 Å². The predicted octanol–water partition coefficient (Wildman–Crippen LogP) is 3.06. The van der Waals surface area contributed by atoms with E-state index in [1.807, 2.05) is 0 Å². The van der Waals surface area contributed by atoms with Gasteiger partial charge in [0.25, 0.3) is 0 Å². The maximum absolute atomic E-state index is 13.1. The fraction of sp³-hybridized carbons (Fsp3) is 0.429. The Labute approximate surface area is 124 Å². The van der Waals surface area contributed by atoms with Crippen LogP contribution in [0.3, 0.4) is 0 Å². The number of rotatable bonds is 3. The van der Waals surface area contributed by atoms with Crippen LogP contribution in [-0.2, 0) is 19.3 Å². The van der Waals surface area contributed by atoms with Gasteiger partial charge in [-0.25, -0.2) is 14.1 Å². The monoisotopic (exact) mass is 314 g/mol. The van der Waals surface area contributed by atoms with Crippen molar-refractivity contribution in [3.63, 3.8) is 0 Å². The molecule has 0 radical (unpaired) electrons. The van der Waals surface area contributed by atoms with Crippen LogP contribution in [0.15, 0.2) is 24.5 Å². The minimum absolute atomic E-state index is 0.00729. The molecule has 2 heterocycles. The number of nitrogens with one attached hydrogen (secondary N) is 1. The molecule has 0 saturated heterocycles. The van der Waals surface area contributed by atoms with E-state index in [2.05, 4.69) is 15.4 Å². The van der Waals surface area contributed by atoms with Crippen LogP contribution in [0, 0.1) is 5.82 Å². The fourth-order valence-electron chi connectivity index (χ4n) is 2.68. The summed E-state index contributed by atoms with van der Waals surface area (Å²) in [6.07, 6.45) is -1.48. The van der Waals surface area contributed by atoms with Gasteiger partial charge < -0.3 is 5.32 Å². The molecule has 22 heavy (non-hydrogen) atoms. The van der Waals surface area contributed by atoms with Gasteiger partial charge in [0.1, 0.15) is 18.0 Å². The van der Waals surface area contributed by atoms with E-state index < -0.39 is 17.6 Å². The van der Waals surface area contributed by atoms with Crippen molar-refractivity contribution in [3.05, 3.63) is 47.3 Å². The minimum Gasteiger partial charge on any atom is -0.303 e. The first-order valence-electron chi connectivity index (χ1n) is 6.92. The zero-order valence-corrected chi connectivity index (χ0v) is 11.6. The van der Waals surface area contributed by atoms with Gasteiger partial charge in [-0.2, -0.15) is 18.3 Å². The molecule has 0 spiro atoms. The maximum Gasteiger partial charge on any atom is 0.416 e. The molecule has 8 heteroatoms. The van der Waals surface area contributed by atoms with Crippen LogP contribution in [0.25, 0.3) is 0 Å². The van der Waals surface area contributed by atoms with E-state index in [9.17, 15) is 17.6 Å². The van der Waals surface area contributed by atoms with Gasteiger partial charge in [0.2, 0.25) is 0 Å². The van der Waals surface area contributed by atoms with Crippen LogP contribution < -0.4 is 5.32 Å². The first-order valence-corrected chi connectivity index (χ1v) is 6.92. The van der Waals surface area contributed by atoms with Crippen LogP contribution in [0.2, 0.25) is 0 Å². The molecule has 1 aromatic heterocycles. The zero-order chi connectivity index (χ0) is 15.7. The number of aromatic nitrogens is 3. The summed E-state index contributed by atoms with van der Waals surface area (Å²) in [5.74, 6) is -0.171. The van der Waals surface area contributed by atoms with Crippen LogP contribution in [0.4, 0.5) is 17.6 Å². The standard InChI is InChI=1S/C14H14F4N4/c15-10-4-3-9(11(6-10)14(16,17)18)7-19-12-2-1-5-22-13(12)20-8-21-22/h3-4,6,8,12,19H,1-2,5,7H2/t12-/m0/s1. The van der Waals surface area contributed by atoms with Crippen molar-refractivity contribution in [1.29, 1.82) is 0 Å². The van der Waals surface area contributed by atoms with Crippen LogP contribution in [0.5, 0.6) is 0 Å². The Morgan fingerprint density at radius 1 is 1.32 bits per heavy atom. The molecule has 2 aromatic rings. The van der Waals surface area contributed by atoms with Crippen LogP contribution >= 0.6 is 0 Å². The molecule has 4 nitrogen and oxygen atoms in total. The minimum atomic E-state index is -4.58. The first kappa shape index (κ1) is 15.0. The number of hydrogen-bond donors (Lipinski definition) is 1. The Bertz CT molecular complexity index is 665. The van der Waals surface area contributed by atoms with E-state index in [1.54, 1.807) is 4.68 Å². The number of aryl methyl sites for hydroxylation is 1. The first-order chi connectivity index (χ1) is 10.4. The van der Waals surface area contributed by atoms with Crippen LogP contribution in [-0.4, -0.2) is 14.8 Å². The Morgan fingerprint density at radius 2 is 2.14 bits per heavy atom. The summed E-state index contributed by atoms with van der Waals surface area (Å²) in [7, 11) is 0. The maximum atomic E-state index is 13.1. The molecular weight excluding hydrogens is 300 g/mol. The number of benzene rings is 1. The molecule has 1 aliphatic heterocycles. The van der Waals surface area contributed by atoms with E-state index >= 15 is 0 Å². The lowest BCUT2D eigenvalue weighted by Crippen LogP contribution is -2.29. The Hall–Kier alpha value is -1.96. The molecule has 0 amide bonds. The van der Waals surface area contributed by atoms with Crippen molar-refractivity contribution in [2.75, 3.05) is 0 Å². The fourth-order valence-corrected chi connectivity index (χ4v) is 2.68. The molecule has 0 fully saturated rings. The highest BCUT2D eigenvalue weighted by Crippen LogP contribution is 2.33. The van der Waals surface area contributed by atoms with Gasteiger partial charge in [-0.1, -0.05) is 6.07 Å². The average Bonchev–Trinajstić information content (AvgIpc) is 2.94. The van der Waals surface area contributed by atoms with Crippen molar-refractivity contribution in [2.24, 2.45) is 0 Å². The van der Waals surface area contributed by atoms with Gasteiger partial charge in [0.05, 0.1) is 11.6 Å². The molecule has 1 atom stereocenters. The number of halogens is 4. The number of hydrogen-bond acceptors (Lipinski definition) is 3. The van der Waals surface area contributed by atoms with Gasteiger partial charge in [-0.3, -0.25) is 0 Å². The molecular formula is C14H14F4N4. The van der Waals surface area contributed by atoms with E-state index in [-0.39, 0.29) is 18.2 Å². The molecule has 0 unspecified atom stereocenters. The molecule has 1 N–H and O–H groups in total. The van der Waals surface area contributed by atoms with Crippen molar-refractivity contribution in [3.8, 4) is 0 Å². The third-order valence-electron chi connectivity index (χ3n) is 3.74. The SMILES string of the molecule is Fc1ccc(CN[C@H]2CCCn3ncnc32)c(C(F)(F)F)c1. The van der Waals surface area contributed by atoms with Gasteiger partial charge in [0, 0.05) is 13.1 Å². The highest BCUT2D eigenvalue weighted by molar-refractivity contribution is 5.30. The third kappa shape index (κ3) is 2.96. The lowest BCUT2D eigenvalue weighted by molar-refractivity contribution is -0.138. The highest BCUT2D eigenvalue weighted by Gasteiger charge is 2.34. The summed E-state index contributed by atoms with van der Waals surface area (Å²) in [4.78, 5) is 4.14. The molecule has 1 aliphatic rings. The number of alkyl halides is 3. The quantitative estimate of drug-likeness (QED) is 0.886. The summed E-state index contributed by atoms with van der Waals surface area (Å²) < 4.78 is 53.7. The smallest absolute Gasteiger partial charge is 0.303 e. The Kier molecular flexibility index (Phi) is 3.86. The van der Waals surface area contributed by atoms with E-state index in [0.29, 0.717) is 6.07 Å². The molecule has 0 aliphatic carbocycles. The average molecular weight is 314 g/mol. The van der Waals surface area contributed by atoms with Crippen molar-refractivity contribution in [1.82, 2.24) is 20.1 Å². The van der Waals surface area contributed by atoms with Crippen LogP contribution in [0.1, 0.15) is 35.8 Å². The summed E-state index contributed by atoms with van der Waals surface area (Å²) in [5, 5.41) is 7.13. The Balaban J connectivity index is 1.78. The van der Waals surface area contributed by atoms with Gasteiger partial charge in [-0.05, 0) is 30.5 Å². The lowest BCUT2D eigenvalue weighted by Gasteiger charge is -2.24. The molecule has 118 valence electrons. The summed E-state index contributed by atoms with van der Waals surface area (Å²) in [6.45, 7) is 0.754. The van der Waals surface area contributed by atoms with E-state index in [4.69, 9.17) is 0 Å². The van der Waals surface area contributed by atoms with Crippen molar-refractivity contribution in [2.45, 2.75) is 38.1 Å². The zero-order valence-electron chi connectivity index (χ0n) is 11.6. The van der Waals surface area contributed by atoms with Crippen molar-refractivity contribution >= 4 is 0 Å². The predicted molar refractivity (Wildman–Crippen MR) is 70.2 cm³/mol. The Morgan fingerprint density at radius 3 is 2.91 bits per heavy atom. The van der Waals surface area contributed by atoms with Gasteiger partial charge in [0.15, 0.2) is 0 Å². The summed E-state index contributed by atoms with van der Waals surface area (Å²) >= 11 is 0. The van der Waals surface area contributed by atoms with E-state index in [1.165, 1.54) is 12.4 Å². The molecule has 0 saturated carbocycles. The van der Waals surface area contributed by atoms with E-state index in [0.717, 1.165) is 31.3 Å². The second kappa shape index (κ2) is 5.68. The lowest BCUT2D eigenvalue weighted by atomic mass is 10.0. The largest absolute Gasteiger partial charge is 0.416 e. The molecule has 3 rings (SSSR count). The normalized spacial score (nSPS) is 18.3. The highest BCUT2D eigenvalue weighted by atomic mass is 19.4. The summed E-state index contributed by atoms with van der Waals surface area (Å²) in [5.41, 5.74) is -0.928. The van der Waals surface area contributed by atoms with Gasteiger partial charge >= 0.3 is 6.18 Å². The second-order valence-corrected chi connectivity index (χ2v) is 5.22. The van der Waals surface area contributed by atoms with Gasteiger partial charge in [-0.15, -0.1) is 0 Å². The topological polar surface area (TPSA) is 42.7 Å². The number of fused-ring (bicyclic) bond motifs is 1. The third-order valence-corrected chi connectivity index (χ3v) is 3.74. The second-order valence-electron chi connectivity index (χ2n) is 5.22. The molecule has 1 aromatic carbocycles. The number of nitrogens with zero attached hydrogens (tertiary/aromatic N) is 3. The molecule has 0 bridgehead atoms.